The van der Waals surface area contributed by atoms with Crippen LogP contribution in [-0.4, -0.2) is 24.9 Å². The molecule has 0 unspecified atom stereocenters. The van der Waals surface area contributed by atoms with Gasteiger partial charge < -0.3 is 14.0 Å². The summed E-state index contributed by atoms with van der Waals surface area (Å²) in [6.07, 6.45) is 0. The van der Waals surface area contributed by atoms with Gasteiger partial charge >= 0.3 is 7.12 Å². The predicted octanol–water partition coefficient (Wildman–Crippen LogP) is 2.83. The number of hydrogen-bond donors (Lipinski definition) is 0. The molecule has 20 heavy (non-hydrogen) atoms. The van der Waals surface area contributed by atoms with Crippen LogP contribution in [0.15, 0.2) is 12.1 Å². The van der Waals surface area contributed by atoms with Crippen LogP contribution in [0.3, 0.4) is 0 Å². The first kappa shape index (κ1) is 15.3. The smallest absolute Gasteiger partial charge is 0.494 e. The molecule has 0 aliphatic carbocycles. The minimum Gasteiger partial charge on any atom is -0.494 e. The molecule has 1 aromatic rings. The number of benzene rings is 1. The van der Waals surface area contributed by atoms with E-state index < -0.39 is 18.3 Å². The van der Waals surface area contributed by atoms with E-state index in [1.54, 1.807) is 19.1 Å². The van der Waals surface area contributed by atoms with Gasteiger partial charge in [-0.25, -0.2) is 4.39 Å². The molecule has 1 saturated heterocycles. The number of halogens is 1. The van der Waals surface area contributed by atoms with Crippen molar-refractivity contribution in [1.29, 1.82) is 0 Å². The summed E-state index contributed by atoms with van der Waals surface area (Å²) in [6, 6.07) is 3.47. The van der Waals surface area contributed by atoms with Crippen LogP contribution >= 0.6 is 0 Å². The molecule has 1 aliphatic heterocycles. The summed E-state index contributed by atoms with van der Waals surface area (Å²) in [5.41, 5.74) is -0.0991. The van der Waals surface area contributed by atoms with E-state index in [1.165, 1.54) is 0 Å². The van der Waals surface area contributed by atoms with Crippen molar-refractivity contribution >= 4 is 12.6 Å². The number of hydrogen-bond acceptors (Lipinski definition) is 3. The Balaban J connectivity index is 2.46. The highest BCUT2D eigenvalue weighted by Gasteiger charge is 2.53. The Kier molecular flexibility index (Phi) is 3.86. The molecule has 5 heteroatoms. The van der Waals surface area contributed by atoms with E-state index >= 15 is 0 Å². The highest BCUT2D eigenvalue weighted by Crippen LogP contribution is 2.37. The number of ether oxygens (including phenoxy) is 1. The molecule has 0 radical (unpaired) electrons. The van der Waals surface area contributed by atoms with E-state index in [0.29, 0.717) is 23.4 Å². The van der Waals surface area contributed by atoms with Crippen LogP contribution in [0, 0.1) is 12.7 Å². The van der Waals surface area contributed by atoms with Crippen molar-refractivity contribution in [2.75, 3.05) is 6.61 Å². The van der Waals surface area contributed by atoms with Crippen LogP contribution in [0.25, 0.3) is 0 Å². The molecule has 1 aliphatic rings. The zero-order valence-electron chi connectivity index (χ0n) is 13.0. The molecule has 0 saturated carbocycles. The summed E-state index contributed by atoms with van der Waals surface area (Å²) >= 11 is 0. The van der Waals surface area contributed by atoms with Gasteiger partial charge in [0.25, 0.3) is 0 Å². The zero-order valence-corrected chi connectivity index (χ0v) is 13.0. The summed E-state index contributed by atoms with van der Waals surface area (Å²) < 4.78 is 31.9. The van der Waals surface area contributed by atoms with Gasteiger partial charge in [-0.3, -0.25) is 0 Å². The average molecular weight is 280 g/mol. The Morgan fingerprint density at radius 3 is 2.20 bits per heavy atom. The topological polar surface area (TPSA) is 27.7 Å². The van der Waals surface area contributed by atoms with Crippen LogP contribution < -0.4 is 10.2 Å². The van der Waals surface area contributed by atoms with E-state index in [4.69, 9.17) is 14.0 Å². The first-order valence-electron chi connectivity index (χ1n) is 6.97. The van der Waals surface area contributed by atoms with Crippen molar-refractivity contribution in [3.8, 4) is 5.75 Å². The summed E-state index contributed by atoms with van der Waals surface area (Å²) in [6.45, 7) is 11.8. The van der Waals surface area contributed by atoms with Crippen LogP contribution in [-0.2, 0) is 9.31 Å². The molecule has 0 N–H and O–H groups in total. The second kappa shape index (κ2) is 5.04. The summed E-state index contributed by atoms with van der Waals surface area (Å²) in [7, 11) is -0.749. The number of aryl methyl sites for hydroxylation is 1. The minimum atomic E-state index is -0.749. The lowest BCUT2D eigenvalue weighted by Crippen LogP contribution is -2.41. The maximum Gasteiger partial charge on any atom is 0.501 e. The predicted molar refractivity (Wildman–Crippen MR) is 78.0 cm³/mol. The van der Waals surface area contributed by atoms with E-state index in [2.05, 4.69) is 0 Å². The molecule has 1 fully saturated rings. The largest absolute Gasteiger partial charge is 0.501 e. The van der Waals surface area contributed by atoms with E-state index in [0.717, 1.165) is 0 Å². The zero-order chi connectivity index (χ0) is 15.1. The third-order valence-corrected chi connectivity index (χ3v) is 4.12. The van der Waals surface area contributed by atoms with Crippen molar-refractivity contribution in [3.63, 3.8) is 0 Å². The van der Waals surface area contributed by atoms with Crippen LogP contribution in [0.2, 0.25) is 0 Å². The lowest BCUT2D eigenvalue weighted by Gasteiger charge is -2.32. The molecular formula is C15H22BFO3. The Morgan fingerprint density at radius 2 is 1.70 bits per heavy atom. The van der Waals surface area contributed by atoms with Crippen molar-refractivity contribution in [2.45, 2.75) is 52.7 Å². The van der Waals surface area contributed by atoms with Gasteiger partial charge in [-0.15, -0.1) is 0 Å². The molecule has 1 heterocycles. The Bertz CT molecular complexity index is 498. The highest BCUT2D eigenvalue weighted by molar-refractivity contribution is 6.63. The average Bonchev–Trinajstić information content (AvgIpc) is 2.53. The maximum atomic E-state index is 14.5. The van der Waals surface area contributed by atoms with Gasteiger partial charge in [-0.2, -0.15) is 0 Å². The first-order valence-corrected chi connectivity index (χ1v) is 6.97. The lowest BCUT2D eigenvalue weighted by molar-refractivity contribution is 0.00578. The maximum absolute atomic E-state index is 14.5. The van der Waals surface area contributed by atoms with Crippen LogP contribution in [0.1, 0.15) is 40.2 Å². The van der Waals surface area contributed by atoms with Gasteiger partial charge in [0.15, 0.2) is 0 Å². The van der Waals surface area contributed by atoms with Gasteiger partial charge in [-0.1, -0.05) is 6.07 Å². The third-order valence-electron chi connectivity index (χ3n) is 4.12. The Labute approximate surface area is 120 Å². The van der Waals surface area contributed by atoms with E-state index in [1.807, 2.05) is 34.6 Å². The molecule has 3 nitrogen and oxygen atoms in total. The van der Waals surface area contributed by atoms with Gasteiger partial charge in [0.1, 0.15) is 11.6 Å². The monoisotopic (exact) mass is 280 g/mol. The van der Waals surface area contributed by atoms with Crippen molar-refractivity contribution in [1.82, 2.24) is 0 Å². The molecule has 110 valence electrons. The second-order valence-corrected chi connectivity index (χ2v) is 6.13. The van der Waals surface area contributed by atoms with Gasteiger partial charge in [0.2, 0.25) is 0 Å². The SMILES string of the molecule is CCOc1ccc(C)c(F)c1B1OC(C)(C)C(C)(C)O1. The molecule has 0 aromatic heterocycles. The fourth-order valence-electron chi connectivity index (χ4n) is 2.15. The summed E-state index contributed by atoms with van der Waals surface area (Å²) in [5.74, 6) is 0.156. The van der Waals surface area contributed by atoms with Crippen molar-refractivity contribution < 1.29 is 18.4 Å². The third kappa shape index (κ3) is 2.45. The summed E-state index contributed by atoms with van der Waals surface area (Å²) in [4.78, 5) is 0. The molecule has 0 atom stereocenters. The molecule has 0 amide bonds. The fourth-order valence-corrected chi connectivity index (χ4v) is 2.15. The Hall–Kier alpha value is -1.07. The molecule has 2 rings (SSSR count). The fraction of sp³-hybridized carbons (Fsp3) is 0.600. The summed E-state index contributed by atoms with van der Waals surface area (Å²) in [5, 5.41) is 0. The molecular weight excluding hydrogens is 258 g/mol. The first-order chi connectivity index (χ1) is 9.19. The second-order valence-electron chi connectivity index (χ2n) is 6.13. The molecule has 0 spiro atoms. The van der Waals surface area contributed by atoms with Gasteiger partial charge in [0.05, 0.1) is 23.3 Å². The van der Waals surface area contributed by atoms with Crippen molar-refractivity contribution in [3.05, 3.63) is 23.5 Å². The highest BCUT2D eigenvalue weighted by atomic mass is 19.1. The van der Waals surface area contributed by atoms with Gasteiger partial charge in [0, 0.05) is 0 Å². The van der Waals surface area contributed by atoms with Crippen molar-refractivity contribution in [2.24, 2.45) is 0 Å². The Morgan fingerprint density at radius 1 is 1.15 bits per heavy atom. The molecule has 0 bridgehead atoms. The standard InChI is InChI=1S/C15H22BFO3/c1-7-18-11-9-8-10(2)13(17)12(11)16-19-14(3,4)15(5,6)20-16/h8-9H,7H2,1-6H3. The lowest BCUT2D eigenvalue weighted by atomic mass is 9.77. The van der Waals surface area contributed by atoms with Gasteiger partial charge in [-0.05, 0) is 53.2 Å². The van der Waals surface area contributed by atoms with Crippen LogP contribution in [0.4, 0.5) is 4.39 Å². The number of rotatable bonds is 3. The quantitative estimate of drug-likeness (QED) is 0.797. The van der Waals surface area contributed by atoms with E-state index in [-0.39, 0.29) is 5.82 Å². The van der Waals surface area contributed by atoms with Crippen LogP contribution in [0.5, 0.6) is 5.75 Å². The van der Waals surface area contributed by atoms with E-state index in [9.17, 15) is 4.39 Å². The minimum absolute atomic E-state index is 0.325. The molecule has 1 aromatic carbocycles. The normalized spacial score (nSPS) is 20.2.